The Kier molecular flexibility index (Phi) is 6.04. The molecule has 2 aromatic carbocycles. The van der Waals surface area contributed by atoms with E-state index in [1.165, 1.54) is 0 Å². The smallest absolute Gasteiger partial charge is 0.269 e. The minimum atomic E-state index is -0.600. The third kappa shape index (κ3) is 4.63. The fourth-order valence-corrected chi connectivity index (χ4v) is 3.56. The van der Waals surface area contributed by atoms with E-state index in [9.17, 15) is 15.2 Å². The van der Waals surface area contributed by atoms with Crippen molar-refractivity contribution in [3.05, 3.63) is 99.9 Å². The molecule has 5 nitrogen and oxygen atoms in total. The number of benzene rings is 2. The number of aromatic nitrogens is 1. The van der Waals surface area contributed by atoms with Crippen LogP contribution >= 0.6 is 0 Å². The zero-order valence-corrected chi connectivity index (χ0v) is 15.3. The minimum Gasteiger partial charge on any atom is -0.388 e. The van der Waals surface area contributed by atoms with Crippen molar-refractivity contribution >= 4 is 5.69 Å². The van der Waals surface area contributed by atoms with Gasteiger partial charge in [-0.2, -0.15) is 0 Å². The van der Waals surface area contributed by atoms with Crippen LogP contribution in [0.25, 0.3) is 0 Å². The van der Waals surface area contributed by atoms with Gasteiger partial charge in [-0.25, -0.2) is 0 Å². The predicted molar refractivity (Wildman–Crippen MR) is 106 cm³/mol. The van der Waals surface area contributed by atoms with Gasteiger partial charge in [0.1, 0.15) is 0 Å². The van der Waals surface area contributed by atoms with Gasteiger partial charge in [-0.15, -0.1) is 0 Å². The SMILES string of the molecule is CC(CCc1ccc([N+](=O)[O-])cc1)C(c1ccc[nH]1)C(O)c1ccccc1. The lowest BCUT2D eigenvalue weighted by Gasteiger charge is -2.28. The number of non-ortho nitro benzene ring substituents is 1. The van der Waals surface area contributed by atoms with Gasteiger partial charge in [-0.05, 0) is 42.0 Å². The summed E-state index contributed by atoms with van der Waals surface area (Å²) in [6, 6.07) is 20.4. The summed E-state index contributed by atoms with van der Waals surface area (Å²) in [5, 5.41) is 21.8. The van der Waals surface area contributed by atoms with Gasteiger partial charge in [0.05, 0.1) is 11.0 Å². The molecule has 0 saturated heterocycles. The first-order chi connectivity index (χ1) is 13.1. The van der Waals surface area contributed by atoms with Gasteiger partial charge in [0, 0.05) is 29.9 Å². The van der Waals surface area contributed by atoms with Gasteiger partial charge in [-0.3, -0.25) is 10.1 Å². The van der Waals surface area contributed by atoms with Crippen LogP contribution in [-0.4, -0.2) is 15.0 Å². The molecule has 5 heteroatoms. The second-order valence-electron chi connectivity index (χ2n) is 6.95. The average Bonchev–Trinajstić information content (AvgIpc) is 3.21. The molecule has 1 aromatic heterocycles. The van der Waals surface area contributed by atoms with E-state index in [0.717, 1.165) is 29.7 Å². The lowest BCUT2D eigenvalue weighted by Crippen LogP contribution is -2.19. The van der Waals surface area contributed by atoms with Gasteiger partial charge < -0.3 is 10.1 Å². The summed E-state index contributed by atoms with van der Waals surface area (Å²) < 4.78 is 0. The molecule has 0 aliphatic heterocycles. The van der Waals surface area contributed by atoms with Crippen LogP contribution in [0.15, 0.2) is 72.9 Å². The van der Waals surface area contributed by atoms with Gasteiger partial charge in [0.25, 0.3) is 5.69 Å². The number of nitrogens with one attached hydrogen (secondary N) is 1. The molecule has 0 amide bonds. The van der Waals surface area contributed by atoms with Crippen molar-refractivity contribution < 1.29 is 10.0 Å². The Morgan fingerprint density at radius 2 is 1.74 bits per heavy atom. The summed E-state index contributed by atoms with van der Waals surface area (Å²) in [6.07, 6.45) is 2.95. The van der Waals surface area contributed by atoms with Crippen LogP contribution in [0.3, 0.4) is 0 Å². The molecule has 3 unspecified atom stereocenters. The fourth-order valence-electron chi connectivity index (χ4n) is 3.56. The molecular weight excluding hydrogens is 340 g/mol. The van der Waals surface area contributed by atoms with E-state index in [4.69, 9.17) is 0 Å². The molecule has 2 N–H and O–H groups in total. The molecule has 1 heterocycles. The van der Waals surface area contributed by atoms with E-state index < -0.39 is 6.10 Å². The Hall–Kier alpha value is -2.92. The van der Waals surface area contributed by atoms with Gasteiger partial charge in [-0.1, -0.05) is 49.4 Å². The number of nitro benzene ring substituents is 1. The molecule has 0 radical (unpaired) electrons. The van der Waals surface area contributed by atoms with Gasteiger partial charge in [0.15, 0.2) is 0 Å². The van der Waals surface area contributed by atoms with Crippen molar-refractivity contribution in [2.24, 2.45) is 5.92 Å². The topological polar surface area (TPSA) is 79.2 Å². The van der Waals surface area contributed by atoms with Crippen LogP contribution in [0.5, 0.6) is 0 Å². The number of hydrogen-bond acceptors (Lipinski definition) is 3. The summed E-state index contributed by atoms with van der Waals surface area (Å²) in [5.41, 5.74) is 3.09. The quantitative estimate of drug-likeness (QED) is 0.435. The molecule has 0 saturated carbocycles. The summed E-state index contributed by atoms with van der Waals surface area (Å²) in [4.78, 5) is 13.6. The van der Waals surface area contributed by atoms with Crippen molar-refractivity contribution in [1.29, 1.82) is 0 Å². The molecule has 140 valence electrons. The van der Waals surface area contributed by atoms with Gasteiger partial charge >= 0.3 is 0 Å². The molecule has 0 bridgehead atoms. The lowest BCUT2D eigenvalue weighted by molar-refractivity contribution is -0.384. The first-order valence-electron chi connectivity index (χ1n) is 9.16. The molecular formula is C22H24N2O3. The molecule has 3 rings (SSSR count). The summed E-state index contributed by atoms with van der Waals surface area (Å²) >= 11 is 0. The van der Waals surface area contributed by atoms with E-state index in [2.05, 4.69) is 11.9 Å². The number of H-pyrrole nitrogens is 1. The zero-order valence-electron chi connectivity index (χ0n) is 15.3. The van der Waals surface area contributed by atoms with Crippen molar-refractivity contribution in [3.63, 3.8) is 0 Å². The van der Waals surface area contributed by atoms with Crippen LogP contribution in [-0.2, 0) is 6.42 Å². The maximum atomic E-state index is 11.0. The minimum absolute atomic E-state index is 0.0551. The maximum Gasteiger partial charge on any atom is 0.269 e. The molecule has 0 spiro atoms. The van der Waals surface area contributed by atoms with Crippen LogP contribution in [0.1, 0.15) is 42.2 Å². The van der Waals surface area contributed by atoms with Crippen molar-refractivity contribution in [2.75, 3.05) is 0 Å². The number of nitrogens with zero attached hydrogens (tertiary/aromatic N) is 1. The van der Waals surface area contributed by atoms with E-state index in [-0.39, 0.29) is 22.4 Å². The highest BCUT2D eigenvalue weighted by Crippen LogP contribution is 2.38. The predicted octanol–water partition coefficient (Wildman–Crippen LogP) is 5.01. The first kappa shape index (κ1) is 18.9. The largest absolute Gasteiger partial charge is 0.388 e. The highest BCUT2D eigenvalue weighted by Gasteiger charge is 2.28. The van der Waals surface area contributed by atoms with Crippen molar-refractivity contribution in [3.8, 4) is 0 Å². The molecule has 27 heavy (non-hydrogen) atoms. The van der Waals surface area contributed by atoms with E-state index in [0.29, 0.717) is 0 Å². The summed E-state index contributed by atoms with van der Waals surface area (Å²) in [6.45, 7) is 2.14. The summed E-state index contributed by atoms with van der Waals surface area (Å²) in [5.74, 6) is 0.162. The zero-order chi connectivity index (χ0) is 19.2. The Bertz CT molecular complexity index is 845. The second-order valence-corrected chi connectivity index (χ2v) is 6.95. The number of aromatic amines is 1. The van der Waals surface area contributed by atoms with Crippen LogP contribution in [0, 0.1) is 16.0 Å². The number of aliphatic hydroxyl groups is 1. The van der Waals surface area contributed by atoms with Crippen molar-refractivity contribution in [1.82, 2.24) is 4.98 Å². The monoisotopic (exact) mass is 364 g/mol. The molecule has 0 fully saturated rings. The normalized spacial score (nSPS) is 14.4. The van der Waals surface area contributed by atoms with Gasteiger partial charge in [0.2, 0.25) is 0 Å². The van der Waals surface area contributed by atoms with Crippen LogP contribution in [0.2, 0.25) is 0 Å². The standard InChI is InChI=1S/C22H24N2O3/c1-16(9-10-17-11-13-19(14-12-17)24(26)27)21(20-8-5-15-23-20)22(25)18-6-3-2-4-7-18/h2-8,11-16,21-23,25H,9-10H2,1H3. The number of nitro groups is 1. The first-order valence-corrected chi connectivity index (χ1v) is 9.16. The second kappa shape index (κ2) is 8.64. The highest BCUT2D eigenvalue weighted by atomic mass is 16.6. The number of hydrogen-bond donors (Lipinski definition) is 2. The molecule has 0 aliphatic carbocycles. The maximum absolute atomic E-state index is 11.0. The highest BCUT2D eigenvalue weighted by molar-refractivity contribution is 5.33. The Morgan fingerprint density at radius 1 is 1.04 bits per heavy atom. The Labute approximate surface area is 158 Å². The number of rotatable bonds is 8. The molecule has 0 aliphatic rings. The average molecular weight is 364 g/mol. The molecule has 3 atom stereocenters. The Balaban J connectivity index is 1.73. The third-order valence-electron chi connectivity index (χ3n) is 5.11. The lowest BCUT2D eigenvalue weighted by atomic mass is 9.80. The molecule has 3 aromatic rings. The number of aliphatic hydroxyl groups excluding tert-OH is 1. The van der Waals surface area contributed by atoms with E-state index in [1.807, 2.05) is 60.8 Å². The van der Waals surface area contributed by atoms with E-state index in [1.54, 1.807) is 12.1 Å². The third-order valence-corrected chi connectivity index (χ3v) is 5.11. The van der Waals surface area contributed by atoms with E-state index >= 15 is 0 Å². The Morgan fingerprint density at radius 3 is 2.33 bits per heavy atom. The van der Waals surface area contributed by atoms with Crippen molar-refractivity contribution in [2.45, 2.75) is 31.8 Å². The number of aryl methyl sites for hydroxylation is 1. The fraction of sp³-hybridized carbons (Fsp3) is 0.273. The van der Waals surface area contributed by atoms with Crippen LogP contribution in [0.4, 0.5) is 5.69 Å². The summed E-state index contributed by atoms with van der Waals surface area (Å²) in [7, 11) is 0. The van der Waals surface area contributed by atoms with Crippen LogP contribution < -0.4 is 0 Å².